The van der Waals surface area contributed by atoms with Gasteiger partial charge in [-0.25, -0.2) is 4.98 Å². The molecule has 7 nitrogen and oxygen atoms in total. The lowest BCUT2D eigenvalue weighted by Gasteiger charge is -2.13. The predicted molar refractivity (Wildman–Crippen MR) is 109 cm³/mol. The average molecular weight is 390 g/mol. The summed E-state index contributed by atoms with van der Waals surface area (Å²) < 4.78 is 2.06. The van der Waals surface area contributed by atoms with Crippen LogP contribution < -0.4 is 5.32 Å². The maximum Gasteiger partial charge on any atom is 0.261 e. The van der Waals surface area contributed by atoms with Gasteiger partial charge in [0.15, 0.2) is 0 Å². The van der Waals surface area contributed by atoms with E-state index in [1.54, 1.807) is 18.5 Å². The van der Waals surface area contributed by atoms with Crippen LogP contribution in [0.15, 0.2) is 48.8 Å². The summed E-state index contributed by atoms with van der Waals surface area (Å²) in [5.74, 6) is -0.827. The molecule has 7 heteroatoms. The van der Waals surface area contributed by atoms with Crippen LogP contribution in [0.5, 0.6) is 0 Å². The number of carbonyl (C=O) groups excluding carboxylic acids is 3. The molecule has 1 aliphatic heterocycles. The van der Waals surface area contributed by atoms with E-state index in [2.05, 4.69) is 14.9 Å². The lowest BCUT2D eigenvalue weighted by atomic mass is 10.1. The fourth-order valence-electron chi connectivity index (χ4n) is 3.58. The molecule has 0 bridgehead atoms. The van der Waals surface area contributed by atoms with Crippen molar-refractivity contribution in [3.05, 3.63) is 65.5 Å². The minimum Gasteiger partial charge on any atom is -0.356 e. The van der Waals surface area contributed by atoms with E-state index in [4.69, 9.17) is 0 Å². The van der Waals surface area contributed by atoms with Crippen molar-refractivity contribution in [3.8, 4) is 0 Å². The highest BCUT2D eigenvalue weighted by atomic mass is 16.2. The molecule has 1 aromatic heterocycles. The van der Waals surface area contributed by atoms with Crippen LogP contribution in [0.3, 0.4) is 0 Å². The number of hydrogen-bond donors (Lipinski definition) is 1. The third kappa shape index (κ3) is 3.76. The van der Waals surface area contributed by atoms with Gasteiger partial charge in [0.2, 0.25) is 5.91 Å². The molecule has 3 aromatic rings. The van der Waals surface area contributed by atoms with Crippen LogP contribution in [0.1, 0.15) is 39.1 Å². The molecule has 0 spiro atoms. The largest absolute Gasteiger partial charge is 0.356 e. The third-order valence-corrected chi connectivity index (χ3v) is 5.11. The first kappa shape index (κ1) is 18.9. The Morgan fingerprint density at radius 2 is 1.83 bits per heavy atom. The summed E-state index contributed by atoms with van der Waals surface area (Å²) in [6, 6.07) is 13.1. The lowest BCUT2D eigenvalue weighted by Crippen LogP contribution is -2.35. The second-order valence-corrected chi connectivity index (χ2v) is 7.19. The second kappa shape index (κ2) is 7.87. The Morgan fingerprint density at radius 3 is 2.69 bits per heavy atom. The molecule has 0 unspecified atom stereocenters. The van der Waals surface area contributed by atoms with Gasteiger partial charge in [-0.15, -0.1) is 0 Å². The van der Waals surface area contributed by atoms with Crippen LogP contribution in [0.4, 0.5) is 0 Å². The third-order valence-electron chi connectivity index (χ3n) is 5.11. The molecule has 4 rings (SSSR count). The normalized spacial score (nSPS) is 13.2. The van der Waals surface area contributed by atoms with Crippen molar-refractivity contribution < 1.29 is 14.4 Å². The minimum atomic E-state index is -0.329. The Bertz CT molecular complexity index is 1100. The molecule has 0 saturated heterocycles. The zero-order valence-electron chi connectivity index (χ0n) is 16.2. The van der Waals surface area contributed by atoms with Crippen LogP contribution in [0.25, 0.3) is 11.0 Å². The molecule has 148 valence electrons. The minimum absolute atomic E-state index is 0.0867. The molecule has 29 heavy (non-hydrogen) atoms. The number of imide groups is 1. The number of benzene rings is 2. The number of fused-ring (bicyclic) bond motifs is 2. The van der Waals surface area contributed by atoms with Crippen molar-refractivity contribution >= 4 is 28.8 Å². The number of nitrogens with one attached hydrogen (secondary N) is 1. The molecule has 0 atom stereocenters. The van der Waals surface area contributed by atoms with E-state index < -0.39 is 0 Å². The second-order valence-electron chi connectivity index (χ2n) is 7.19. The maximum absolute atomic E-state index is 12.4. The van der Waals surface area contributed by atoms with Crippen molar-refractivity contribution in [2.24, 2.45) is 0 Å². The van der Waals surface area contributed by atoms with Gasteiger partial charge < -0.3 is 9.88 Å². The number of amides is 3. The topological polar surface area (TPSA) is 84.3 Å². The zero-order valence-corrected chi connectivity index (χ0v) is 16.2. The van der Waals surface area contributed by atoms with Crippen LogP contribution >= 0.6 is 0 Å². The van der Waals surface area contributed by atoms with E-state index in [1.807, 2.05) is 37.3 Å². The molecule has 2 heterocycles. The van der Waals surface area contributed by atoms with E-state index in [0.717, 1.165) is 34.5 Å². The Hall–Kier alpha value is -3.48. The molecular formula is C22H22N4O3. The summed E-state index contributed by atoms with van der Waals surface area (Å²) in [7, 11) is 0. The van der Waals surface area contributed by atoms with Crippen molar-refractivity contribution in [2.75, 3.05) is 13.1 Å². The summed E-state index contributed by atoms with van der Waals surface area (Å²) in [6.07, 6.45) is 2.66. The van der Waals surface area contributed by atoms with E-state index >= 15 is 0 Å². The smallest absolute Gasteiger partial charge is 0.261 e. The van der Waals surface area contributed by atoms with Gasteiger partial charge in [0.05, 0.1) is 28.5 Å². The molecule has 1 aliphatic rings. The van der Waals surface area contributed by atoms with Gasteiger partial charge in [0.1, 0.15) is 0 Å². The van der Waals surface area contributed by atoms with Crippen molar-refractivity contribution in [1.29, 1.82) is 0 Å². The summed E-state index contributed by atoms with van der Waals surface area (Å²) in [4.78, 5) is 42.5. The average Bonchev–Trinajstić information content (AvgIpc) is 3.23. The fourth-order valence-corrected chi connectivity index (χ4v) is 3.58. The van der Waals surface area contributed by atoms with Crippen LogP contribution in [-0.4, -0.2) is 45.3 Å². The SMILES string of the molecule is Cc1ccc2c(c1)C(=O)N(CCC(=O)NCCCn1cnc3ccccc31)C2=O. The van der Waals surface area contributed by atoms with Gasteiger partial charge in [-0.1, -0.05) is 23.8 Å². The first-order valence-corrected chi connectivity index (χ1v) is 9.68. The van der Waals surface area contributed by atoms with Gasteiger partial charge in [-0.2, -0.15) is 0 Å². The number of nitrogens with zero attached hydrogens (tertiary/aromatic N) is 3. The maximum atomic E-state index is 12.4. The number of carbonyl (C=O) groups is 3. The van der Waals surface area contributed by atoms with E-state index in [9.17, 15) is 14.4 Å². The Balaban J connectivity index is 1.24. The Morgan fingerprint density at radius 1 is 1.03 bits per heavy atom. The van der Waals surface area contributed by atoms with Crippen molar-refractivity contribution in [1.82, 2.24) is 19.8 Å². The highest BCUT2D eigenvalue weighted by Gasteiger charge is 2.35. The van der Waals surface area contributed by atoms with Crippen LogP contribution in [0.2, 0.25) is 0 Å². The van der Waals surface area contributed by atoms with Gasteiger partial charge in [-0.3, -0.25) is 19.3 Å². The molecule has 0 saturated carbocycles. The molecular weight excluding hydrogens is 368 g/mol. The fraction of sp³-hybridized carbons (Fsp3) is 0.273. The van der Waals surface area contributed by atoms with Crippen molar-refractivity contribution in [3.63, 3.8) is 0 Å². The number of para-hydroxylation sites is 2. The highest BCUT2D eigenvalue weighted by Crippen LogP contribution is 2.23. The first-order valence-electron chi connectivity index (χ1n) is 9.68. The van der Waals surface area contributed by atoms with Crippen LogP contribution in [-0.2, 0) is 11.3 Å². The van der Waals surface area contributed by atoms with E-state index in [-0.39, 0.29) is 30.7 Å². The number of aromatic nitrogens is 2. The molecule has 0 radical (unpaired) electrons. The molecule has 1 N–H and O–H groups in total. The standard InChI is InChI=1S/C22H22N4O3/c1-15-7-8-16-17(13-15)22(29)26(21(16)28)12-9-20(27)23-10-4-11-25-14-24-18-5-2-3-6-19(18)25/h2-3,5-8,13-14H,4,9-12H2,1H3,(H,23,27). The number of rotatable bonds is 7. The van der Waals surface area contributed by atoms with Crippen molar-refractivity contribution in [2.45, 2.75) is 26.3 Å². The Labute approximate surface area is 168 Å². The Kier molecular flexibility index (Phi) is 5.12. The number of imidazole rings is 1. The number of hydrogen-bond acceptors (Lipinski definition) is 4. The first-order chi connectivity index (χ1) is 14.0. The van der Waals surface area contributed by atoms with Gasteiger partial charge in [0.25, 0.3) is 11.8 Å². The summed E-state index contributed by atoms with van der Waals surface area (Å²) in [5.41, 5.74) is 3.78. The summed E-state index contributed by atoms with van der Waals surface area (Å²) in [6.45, 7) is 3.23. The predicted octanol–water partition coefficient (Wildman–Crippen LogP) is 2.54. The van der Waals surface area contributed by atoms with Gasteiger partial charge in [0, 0.05) is 26.1 Å². The number of aryl methyl sites for hydroxylation is 2. The van der Waals surface area contributed by atoms with E-state index in [0.29, 0.717) is 17.7 Å². The lowest BCUT2D eigenvalue weighted by molar-refractivity contribution is -0.121. The molecule has 3 amide bonds. The van der Waals surface area contributed by atoms with E-state index in [1.165, 1.54) is 0 Å². The quantitative estimate of drug-likeness (QED) is 0.496. The van der Waals surface area contributed by atoms with Gasteiger partial charge >= 0.3 is 0 Å². The summed E-state index contributed by atoms with van der Waals surface area (Å²) in [5, 5.41) is 2.86. The van der Waals surface area contributed by atoms with Crippen LogP contribution in [0, 0.1) is 6.92 Å². The molecule has 0 aliphatic carbocycles. The zero-order chi connectivity index (χ0) is 20.4. The van der Waals surface area contributed by atoms with Gasteiger partial charge in [-0.05, 0) is 37.6 Å². The monoisotopic (exact) mass is 390 g/mol. The highest BCUT2D eigenvalue weighted by molar-refractivity contribution is 6.21. The summed E-state index contributed by atoms with van der Waals surface area (Å²) >= 11 is 0. The molecule has 0 fully saturated rings. The molecule has 2 aromatic carbocycles.